The highest BCUT2D eigenvalue weighted by Crippen LogP contribution is 2.26. The molecule has 0 saturated carbocycles. The van der Waals surface area contributed by atoms with E-state index in [4.69, 9.17) is 0 Å². The van der Waals surface area contributed by atoms with Crippen molar-refractivity contribution in [3.05, 3.63) is 10.0 Å². The third-order valence-corrected chi connectivity index (χ3v) is 3.13. The molecule has 1 aromatic heterocycles. The van der Waals surface area contributed by atoms with E-state index in [1.165, 1.54) is 0 Å². The lowest BCUT2D eigenvalue weighted by Crippen LogP contribution is -1.84. The van der Waals surface area contributed by atoms with Crippen LogP contribution in [0, 0.1) is 0 Å². The highest BCUT2D eigenvalue weighted by atomic mass is 32.1. The van der Waals surface area contributed by atoms with E-state index in [1.54, 1.807) is 11.3 Å². The van der Waals surface area contributed by atoms with Crippen LogP contribution in [-0.2, 0) is 0 Å². The molecule has 0 aromatic carbocycles. The predicted molar refractivity (Wildman–Crippen MR) is 51.4 cm³/mol. The van der Waals surface area contributed by atoms with Gasteiger partial charge in [-0.3, -0.25) is 0 Å². The fourth-order valence-corrected chi connectivity index (χ4v) is 1.64. The summed E-state index contributed by atoms with van der Waals surface area (Å²) in [6.45, 7) is 6.24. The van der Waals surface area contributed by atoms with Gasteiger partial charge in [-0.1, -0.05) is 13.8 Å². The van der Waals surface area contributed by atoms with Crippen LogP contribution in [-0.4, -0.2) is 10.2 Å². The molecule has 0 fully saturated rings. The highest BCUT2D eigenvalue weighted by Gasteiger charge is 2.09. The van der Waals surface area contributed by atoms with Gasteiger partial charge < -0.3 is 0 Å². The molecule has 0 bridgehead atoms. The van der Waals surface area contributed by atoms with E-state index < -0.39 is 0 Å². The second kappa shape index (κ2) is 3.54. The molecule has 4 heteroatoms. The Hall–Kier alpha value is -0.0900. The quantitative estimate of drug-likeness (QED) is 0.722. The Morgan fingerprint density at radius 1 is 1.18 bits per heavy atom. The molecule has 0 aliphatic carbocycles. The minimum atomic E-state index is 0.208. The van der Waals surface area contributed by atoms with Gasteiger partial charge in [-0.2, -0.15) is 12.6 Å². The van der Waals surface area contributed by atoms with E-state index in [2.05, 4.69) is 36.7 Å². The summed E-state index contributed by atoms with van der Waals surface area (Å²) in [4.78, 5) is 0. The third-order valence-electron chi connectivity index (χ3n) is 1.31. The van der Waals surface area contributed by atoms with Crippen LogP contribution in [0.5, 0.6) is 0 Å². The molecular formula is C7H12N2S2. The molecular weight excluding hydrogens is 176 g/mol. The van der Waals surface area contributed by atoms with Crippen molar-refractivity contribution in [3.63, 3.8) is 0 Å². The predicted octanol–water partition coefficient (Wildman–Crippen LogP) is 2.65. The molecule has 0 N–H and O–H groups in total. The Bertz CT molecular complexity index is 208. The molecule has 0 amide bonds. The molecule has 2 nitrogen and oxygen atoms in total. The number of nitrogens with zero attached hydrogens (tertiary/aromatic N) is 2. The second-order valence-corrected chi connectivity index (χ2v) is 4.62. The van der Waals surface area contributed by atoms with E-state index in [9.17, 15) is 0 Å². The standard InChI is InChI=1S/C7H12N2S2/c1-4(2)6-8-9-7(11-6)5(3)10/h4-5,10H,1-3H3. The zero-order chi connectivity index (χ0) is 8.43. The topological polar surface area (TPSA) is 25.8 Å². The lowest BCUT2D eigenvalue weighted by molar-refractivity contribution is 0.817. The maximum atomic E-state index is 4.28. The Morgan fingerprint density at radius 3 is 2.00 bits per heavy atom. The Labute approximate surface area is 76.5 Å². The van der Waals surface area contributed by atoms with Crippen LogP contribution in [0.2, 0.25) is 0 Å². The van der Waals surface area contributed by atoms with Gasteiger partial charge in [0.25, 0.3) is 0 Å². The number of thiol groups is 1. The van der Waals surface area contributed by atoms with Gasteiger partial charge in [0.1, 0.15) is 10.0 Å². The molecule has 11 heavy (non-hydrogen) atoms. The molecule has 0 aliphatic rings. The van der Waals surface area contributed by atoms with E-state index in [0.29, 0.717) is 5.92 Å². The summed E-state index contributed by atoms with van der Waals surface area (Å²) < 4.78 is 0. The average molecular weight is 188 g/mol. The number of hydrogen-bond donors (Lipinski definition) is 1. The van der Waals surface area contributed by atoms with Gasteiger partial charge in [0, 0.05) is 5.92 Å². The lowest BCUT2D eigenvalue weighted by Gasteiger charge is -1.95. The van der Waals surface area contributed by atoms with Gasteiger partial charge in [-0.15, -0.1) is 21.5 Å². The fraction of sp³-hybridized carbons (Fsp3) is 0.714. The summed E-state index contributed by atoms with van der Waals surface area (Å²) in [5.74, 6) is 0.480. The summed E-state index contributed by atoms with van der Waals surface area (Å²) >= 11 is 5.93. The van der Waals surface area contributed by atoms with Gasteiger partial charge in [0.05, 0.1) is 5.25 Å². The van der Waals surface area contributed by atoms with E-state index in [0.717, 1.165) is 10.0 Å². The minimum Gasteiger partial charge on any atom is -0.169 e. The van der Waals surface area contributed by atoms with Crippen LogP contribution in [0.25, 0.3) is 0 Å². The normalized spacial score (nSPS) is 13.9. The Morgan fingerprint density at radius 2 is 1.73 bits per heavy atom. The fourth-order valence-electron chi connectivity index (χ4n) is 0.649. The number of hydrogen-bond acceptors (Lipinski definition) is 4. The van der Waals surface area contributed by atoms with Crippen LogP contribution < -0.4 is 0 Å². The summed E-state index contributed by atoms with van der Waals surface area (Å²) in [6.07, 6.45) is 0. The first-order valence-electron chi connectivity index (χ1n) is 3.62. The van der Waals surface area contributed by atoms with Crippen molar-refractivity contribution in [2.45, 2.75) is 31.9 Å². The van der Waals surface area contributed by atoms with Gasteiger partial charge in [-0.25, -0.2) is 0 Å². The molecule has 0 aliphatic heterocycles. The third kappa shape index (κ3) is 2.17. The van der Waals surface area contributed by atoms with Crippen LogP contribution in [0.3, 0.4) is 0 Å². The average Bonchev–Trinajstić information content (AvgIpc) is 2.33. The van der Waals surface area contributed by atoms with E-state index in [-0.39, 0.29) is 5.25 Å². The summed E-state index contributed by atoms with van der Waals surface area (Å²) in [6, 6.07) is 0. The molecule has 0 saturated heterocycles. The second-order valence-electron chi connectivity index (χ2n) is 2.81. The maximum absolute atomic E-state index is 4.28. The summed E-state index contributed by atoms with van der Waals surface area (Å²) in [5, 5.41) is 10.4. The van der Waals surface area contributed by atoms with Crippen LogP contribution in [0.15, 0.2) is 0 Å². The van der Waals surface area contributed by atoms with Gasteiger partial charge >= 0.3 is 0 Å². The SMILES string of the molecule is CC(C)c1nnc(C(C)S)s1. The first-order valence-corrected chi connectivity index (χ1v) is 4.96. The zero-order valence-corrected chi connectivity index (χ0v) is 8.62. The van der Waals surface area contributed by atoms with Crippen molar-refractivity contribution in [3.8, 4) is 0 Å². The summed E-state index contributed by atoms with van der Waals surface area (Å²) in [5.41, 5.74) is 0. The first-order chi connectivity index (χ1) is 5.11. The summed E-state index contributed by atoms with van der Waals surface area (Å²) in [7, 11) is 0. The molecule has 1 atom stereocenters. The van der Waals surface area contributed by atoms with Crippen molar-refractivity contribution >= 4 is 24.0 Å². The molecule has 1 heterocycles. The van der Waals surface area contributed by atoms with E-state index >= 15 is 0 Å². The van der Waals surface area contributed by atoms with Crippen molar-refractivity contribution in [1.82, 2.24) is 10.2 Å². The van der Waals surface area contributed by atoms with Crippen LogP contribution in [0.4, 0.5) is 0 Å². The smallest absolute Gasteiger partial charge is 0.129 e. The molecule has 0 spiro atoms. The van der Waals surface area contributed by atoms with Crippen molar-refractivity contribution < 1.29 is 0 Å². The van der Waals surface area contributed by atoms with Crippen molar-refractivity contribution in [2.75, 3.05) is 0 Å². The minimum absolute atomic E-state index is 0.208. The Kier molecular flexibility index (Phi) is 2.90. The van der Waals surface area contributed by atoms with Gasteiger partial charge in [0.15, 0.2) is 0 Å². The largest absolute Gasteiger partial charge is 0.169 e. The monoisotopic (exact) mass is 188 g/mol. The van der Waals surface area contributed by atoms with Crippen molar-refractivity contribution in [2.24, 2.45) is 0 Å². The number of rotatable bonds is 2. The van der Waals surface area contributed by atoms with Gasteiger partial charge in [-0.05, 0) is 6.92 Å². The zero-order valence-electron chi connectivity index (χ0n) is 6.90. The molecule has 0 radical (unpaired) electrons. The highest BCUT2D eigenvalue weighted by molar-refractivity contribution is 7.80. The first kappa shape index (κ1) is 9.00. The molecule has 1 unspecified atom stereocenters. The van der Waals surface area contributed by atoms with E-state index in [1.807, 2.05) is 6.92 Å². The van der Waals surface area contributed by atoms with Crippen molar-refractivity contribution in [1.29, 1.82) is 0 Å². The Balaban J connectivity index is 2.82. The van der Waals surface area contributed by atoms with Gasteiger partial charge in [0.2, 0.25) is 0 Å². The number of aromatic nitrogens is 2. The molecule has 1 rings (SSSR count). The molecule has 62 valence electrons. The lowest BCUT2D eigenvalue weighted by atomic mass is 10.2. The van der Waals surface area contributed by atoms with Crippen LogP contribution >= 0.6 is 24.0 Å². The molecule has 1 aromatic rings. The van der Waals surface area contributed by atoms with Crippen LogP contribution in [0.1, 0.15) is 42.0 Å². The maximum Gasteiger partial charge on any atom is 0.129 e.